The van der Waals surface area contributed by atoms with Gasteiger partial charge >= 0.3 is 0 Å². The molecule has 1 fully saturated rings. The van der Waals surface area contributed by atoms with E-state index in [1.165, 1.54) is 0 Å². The number of nitrogens with zero attached hydrogens (tertiary/aromatic N) is 1. The van der Waals surface area contributed by atoms with Crippen molar-refractivity contribution in [3.8, 4) is 11.5 Å². The van der Waals surface area contributed by atoms with Gasteiger partial charge in [-0.3, -0.25) is 9.69 Å². The fraction of sp³-hybridized carbons (Fsp3) is 0.588. The van der Waals surface area contributed by atoms with Gasteiger partial charge in [0.15, 0.2) is 18.1 Å². The van der Waals surface area contributed by atoms with Gasteiger partial charge in [-0.2, -0.15) is 0 Å². The van der Waals surface area contributed by atoms with Crippen molar-refractivity contribution in [2.24, 2.45) is 5.73 Å². The first-order valence-corrected chi connectivity index (χ1v) is 9.26. The SMILES string of the molecule is CCOc1cc(CNCCN2CCOCC2)cc(Br)c1OCC(N)=O. The number of nitrogens with one attached hydrogen (secondary N) is 1. The average molecular weight is 416 g/mol. The Kier molecular flexibility index (Phi) is 8.47. The van der Waals surface area contributed by atoms with Crippen molar-refractivity contribution >= 4 is 21.8 Å². The van der Waals surface area contributed by atoms with E-state index in [4.69, 9.17) is 19.9 Å². The number of halogens is 1. The van der Waals surface area contributed by atoms with Gasteiger partial charge in [0.05, 0.1) is 24.3 Å². The summed E-state index contributed by atoms with van der Waals surface area (Å²) in [5.41, 5.74) is 6.22. The van der Waals surface area contributed by atoms with Crippen molar-refractivity contribution in [3.63, 3.8) is 0 Å². The summed E-state index contributed by atoms with van der Waals surface area (Å²) < 4.78 is 17.2. The zero-order chi connectivity index (χ0) is 18.1. The zero-order valence-electron chi connectivity index (χ0n) is 14.6. The minimum atomic E-state index is -0.525. The van der Waals surface area contributed by atoms with Gasteiger partial charge < -0.3 is 25.3 Å². The molecule has 0 atom stereocenters. The van der Waals surface area contributed by atoms with Gasteiger partial charge in [-0.15, -0.1) is 0 Å². The van der Waals surface area contributed by atoms with Crippen molar-refractivity contribution in [1.82, 2.24) is 10.2 Å². The molecule has 1 amide bonds. The molecule has 1 aromatic rings. The van der Waals surface area contributed by atoms with Crippen LogP contribution in [0.4, 0.5) is 0 Å². The van der Waals surface area contributed by atoms with Gasteiger partial charge in [0.2, 0.25) is 0 Å². The van der Waals surface area contributed by atoms with Crippen molar-refractivity contribution in [2.75, 3.05) is 52.6 Å². The Morgan fingerprint density at radius 3 is 2.80 bits per heavy atom. The number of amides is 1. The van der Waals surface area contributed by atoms with Crippen molar-refractivity contribution in [1.29, 1.82) is 0 Å². The molecular weight excluding hydrogens is 390 g/mol. The summed E-state index contributed by atoms with van der Waals surface area (Å²) in [4.78, 5) is 13.3. The zero-order valence-corrected chi connectivity index (χ0v) is 16.1. The van der Waals surface area contributed by atoms with E-state index in [0.717, 1.165) is 56.0 Å². The molecule has 0 aromatic heterocycles. The third-order valence-electron chi connectivity index (χ3n) is 3.77. The Bertz CT molecular complexity index is 565. The molecule has 3 N–H and O–H groups in total. The van der Waals surface area contributed by atoms with E-state index in [1.54, 1.807) is 0 Å². The maximum Gasteiger partial charge on any atom is 0.255 e. The molecule has 1 aromatic carbocycles. The number of benzene rings is 1. The second kappa shape index (κ2) is 10.6. The van der Waals surface area contributed by atoms with E-state index in [9.17, 15) is 4.79 Å². The molecule has 0 saturated carbocycles. The van der Waals surface area contributed by atoms with Gasteiger partial charge in [0.25, 0.3) is 5.91 Å². The van der Waals surface area contributed by atoms with Gasteiger partial charge in [-0.05, 0) is 40.5 Å². The van der Waals surface area contributed by atoms with Gasteiger partial charge in [-0.1, -0.05) is 0 Å². The highest BCUT2D eigenvalue weighted by Gasteiger charge is 2.14. The monoisotopic (exact) mass is 415 g/mol. The minimum Gasteiger partial charge on any atom is -0.490 e. The number of hydrogen-bond donors (Lipinski definition) is 2. The molecule has 1 aliphatic rings. The van der Waals surface area contributed by atoms with E-state index < -0.39 is 5.91 Å². The van der Waals surface area contributed by atoms with Crippen LogP contribution in [0.3, 0.4) is 0 Å². The molecule has 1 saturated heterocycles. The maximum absolute atomic E-state index is 10.9. The van der Waals surface area contributed by atoms with Crippen LogP contribution in [0, 0.1) is 0 Å². The first kappa shape index (κ1) is 20.0. The summed E-state index contributed by atoms with van der Waals surface area (Å²) in [7, 11) is 0. The highest BCUT2D eigenvalue weighted by molar-refractivity contribution is 9.10. The number of ether oxygens (including phenoxy) is 3. The molecule has 140 valence electrons. The van der Waals surface area contributed by atoms with Crippen LogP contribution in [0.5, 0.6) is 11.5 Å². The normalized spacial score (nSPS) is 15.1. The largest absolute Gasteiger partial charge is 0.490 e. The molecule has 2 rings (SSSR count). The second-order valence-electron chi connectivity index (χ2n) is 5.72. The smallest absolute Gasteiger partial charge is 0.255 e. The number of nitrogens with two attached hydrogens (primary N) is 1. The number of primary amides is 1. The van der Waals surface area contributed by atoms with Crippen LogP contribution in [0.2, 0.25) is 0 Å². The van der Waals surface area contributed by atoms with Crippen LogP contribution < -0.4 is 20.5 Å². The summed E-state index contributed by atoms with van der Waals surface area (Å²) in [6, 6.07) is 3.88. The number of rotatable bonds is 10. The van der Waals surface area contributed by atoms with Gasteiger partial charge in [0.1, 0.15) is 0 Å². The Labute approximate surface area is 156 Å². The topological polar surface area (TPSA) is 86.1 Å². The van der Waals surface area contributed by atoms with Crippen LogP contribution in [0.25, 0.3) is 0 Å². The number of morpholine rings is 1. The molecule has 0 spiro atoms. The van der Waals surface area contributed by atoms with E-state index in [-0.39, 0.29) is 6.61 Å². The molecular formula is C17H26BrN3O4. The van der Waals surface area contributed by atoms with E-state index >= 15 is 0 Å². The Morgan fingerprint density at radius 2 is 2.12 bits per heavy atom. The summed E-state index contributed by atoms with van der Waals surface area (Å²) in [6.45, 7) is 8.47. The molecule has 0 aliphatic carbocycles. The summed E-state index contributed by atoms with van der Waals surface area (Å²) in [6.07, 6.45) is 0. The first-order valence-electron chi connectivity index (χ1n) is 8.47. The van der Waals surface area contributed by atoms with Crippen molar-refractivity contribution in [2.45, 2.75) is 13.5 Å². The average Bonchev–Trinajstić information content (AvgIpc) is 2.59. The number of hydrogen-bond acceptors (Lipinski definition) is 6. The lowest BCUT2D eigenvalue weighted by Crippen LogP contribution is -2.40. The number of carbonyl (C=O) groups is 1. The lowest BCUT2D eigenvalue weighted by molar-refractivity contribution is -0.119. The lowest BCUT2D eigenvalue weighted by Gasteiger charge is -2.26. The summed E-state index contributed by atoms with van der Waals surface area (Å²) >= 11 is 3.48. The molecule has 1 heterocycles. The van der Waals surface area contributed by atoms with Gasteiger partial charge in [-0.25, -0.2) is 0 Å². The lowest BCUT2D eigenvalue weighted by atomic mass is 10.2. The fourth-order valence-electron chi connectivity index (χ4n) is 2.56. The molecule has 0 radical (unpaired) electrons. The number of carbonyl (C=O) groups excluding carboxylic acids is 1. The Hall–Kier alpha value is -1.35. The first-order chi connectivity index (χ1) is 12.1. The second-order valence-corrected chi connectivity index (χ2v) is 6.58. The third kappa shape index (κ3) is 6.81. The summed E-state index contributed by atoms with van der Waals surface area (Å²) in [5, 5.41) is 3.44. The van der Waals surface area contributed by atoms with E-state index in [2.05, 4.69) is 26.1 Å². The Morgan fingerprint density at radius 1 is 1.36 bits per heavy atom. The predicted octanol–water partition coefficient (Wildman–Crippen LogP) is 1.13. The quantitative estimate of drug-likeness (QED) is 0.557. The van der Waals surface area contributed by atoms with Crippen molar-refractivity contribution < 1.29 is 19.0 Å². The van der Waals surface area contributed by atoms with E-state index in [1.807, 2.05) is 19.1 Å². The van der Waals surface area contributed by atoms with Crippen LogP contribution in [-0.4, -0.2) is 63.4 Å². The molecule has 1 aliphatic heterocycles. The molecule has 25 heavy (non-hydrogen) atoms. The third-order valence-corrected chi connectivity index (χ3v) is 4.35. The minimum absolute atomic E-state index is 0.185. The van der Waals surface area contributed by atoms with Crippen LogP contribution >= 0.6 is 15.9 Å². The summed E-state index contributed by atoms with van der Waals surface area (Å²) in [5.74, 6) is 0.573. The van der Waals surface area contributed by atoms with Crippen LogP contribution in [0.1, 0.15) is 12.5 Å². The van der Waals surface area contributed by atoms with Gasteiger partial charge in [0, 0.05) is 32.7 Å². The molecule has 7 nitrogen and oxygen atoms in total. The highest BCUT2D eigenvalue weighted by Crippen LogP contribution is 2.36. The highest BCUT2D eigenvalue weighted by atomic mass is 79.9. The molecule has 8 heteroatoms. The fourth-order valence-corrected chi connectivity index (χ4v) is 3.17. The maximum atomic E-state index is 10.9. The van der Waals surface area contributed by atoms with E-state index in [0.29, 0.717) is 18.1 Å². The molecule has 0 unspecified atom stereocenters. The van der Waals surface area contributed by atoms with Crippen molar-refractivity contribution in [3.05, 3.63) is 22.2 Å². The van der Waals surface area contributed by atoms with Crippen LogP contribution in [-0.2, 0) is 16.1 Å². The predicted molar refractivity (Wildman–Crippen MR) is 99.0 cm³/mol. The molecule has 0 bridgehead atoms. The van der Waals surface area contributed by atoms with Crippen LogP contribution in [0.15, 0.2) is 16.6 Å². The Balaban J connectivity index is 1.89. The standard InChI is InChI=1S/C17H26BrN3O4/c1-2-24-15-10-13(9-14(18)17(15)25-12-16(19)22)11-20-3-4-21-5-7-23-8-6-21/h9-10,20H,2-8,11-12H2,1H3,(H2,19,22).